The second-order valence-electron chi connectivity index (χ2n) is 5.98. The molecule has 0 spiro atoms. The van der Waals surface area contributed by atoms with E-state index in [0.29, 0.717) is 38.6 Å². The molecule has 0 saturated carbocycles. The van der Waals surface area contributed by atoms with Crippen molar-refractivity contribution >= 4 is 11.9 Å². The average Bonchev–Trinajstić information content (AvgIpc) is 3.35. The topological polar surface area (TPSA) is 97.1 Å². The summed E-state index contributed by atoms with van der Waals surface area (Å²) in [5.74, 6) is 0.828. The summed E-state index contributed by atoms with van der Waals surface area (Å²) in [6.45, 7) is 6.75. The van der Waals surface area contributed by atoms with Crippen LogP contribution in [-0.2, 0) is 9.47 Å². The fourth-order valence-electron chi connectivity index (χ4n) is 2.54. The number of ether oxygens (including phenoxy) is 2. The first-order valence-electron chi connectivity index (χ1n) is 9.33. The molecule has 1 aromatic heterocycles. The van der Waals surface area contributed by atoms with Gasteiger partial charge in [0.05, 0.1) is 19.0 Å². The van der Waals surface area contributed by atoms with Crippen LogP contribution in [0.5, 0.6) is 0 Å². The number of hydrogen-bond donors (Lipinski definition) is 3. The molecule has 3 N–H and O–H groups in total. The van der Waals surface area contributed by atoms with Gasteiger partial charge < -0.3 is 29.8 Å². The Bertz CT molecular complexity index is 527. The van der Waals surface area contributed by atoms with Crippen LogP contribution in [0.4, 0.5) is 0 Å². The number of nitrogens with one attached hydrogen (secondary N) is 3. The van der Waals surface area contributed by atoms with Gasteiger partial charge in [-0.3, -0.25) is 9.79 Å². The Balaban J connectivity index is 1.54. The standard InChI is InChI=1S/C18H30N4O4/c1-2-19-18(21-8-5-11-24-14-15-6-3-12-25-15)22-10-9-20-17(23)16-7-4-13-26-16/h4,7,13,15H,2-3,5-6,8-12,14H2,1H3,(H,20,23)(H2,19,21,22). The Hall–Kier alpha value is -2.06. The fourth-order valence-corrected chi connectivity index (χ4v) is 2.54. The number of aliphatic imine (C=N–C) groups is 1. The van der Waals surface area contributed by atoms with E-state index in [9.17, 15) is 4.79 Å². The van der Waals surface area contributed by atoms with Gasteiger partial charge in [0.25, 0.3) is 5.91 Å². The lowest BCUT2D eigenvalue weighted by Crippen LogP contribution is -2.41. The number of amides is 1. The largest absolute Gasteiger partial charge is 0.459 e. The van der Waals surface area contributed by atoms with E-state index in [1.165, 1.54) is 6.26 Å². The molecule has 1 unspecified atom stereocenters. The van der Waals surface area contributed by atoms with Crippen LogP contribution >= 0.6 is 0 Å². The minimum Gasteiger partial charge on any atom is -0.459 e. The van der Waals surface area contributed by atoms with Crippen LogP contribution in [0, 0.1) is 0 Å². The molecule has 1 amide bonds. The Labute approximate surface area is 154 Å². The van der Waals surface area contributed by atoms with Gasteiger partial charge in [0, 0.05) is 39.4 Å². The highest BCUT2D eigenvalue weighted by molar-refractivity contribution is 5.91. The lowest BCUT2D eigenvalue weighted by atomic mass is 10.2. The molecule has 8 nitrogen and oxygen atoms in total. The Morgan fingerprint density at radius 3 is 2.96 bits per heavy atom. The van der Waals surface area contributed by atoms with Gasteiger partial charge in [-0.05, 0) is 38.3 Å². The highest BCUT2D eigenvalue weighted by atomic mass is 16.5. The summed E-state index contributed by atoms with van der Waals surface area (Å²) in [5.41, 5.74) is 0. The molecule has 0 aromatic carbocycles. The van der Waals surface area contributed by atoms with Crippen LogP contribution in [0.2, 0.25) is 0 Å². The predicted molar refractivity (Wildman–Crippen MR) is 99.4 cm³/mol. The van der Waals surface area contributed by atoms with Crippen molar-refractivity contribution in [2.24, 2.45) is 4.99 Å². The summed E-state index contributed by atoms with van der Waals surface area (Å²) in [7, 11) is 0. The highest BCUT2D eigenvalue weighted by Gasteiger charge is 2.14. The smallest absolute Gasteiger partial charge is 0.287 e. The second kappa shape index (κ2) is 12.3. The van der Waals surface area contributed by atoms with Gasteiger partial charge in [-0.1, -0.05) is 0 Å². The molecule has 1 saturated heterocycles. The molecule has 26 heavy (non-hydrogen) atoms. The SMILES string of the molecule is CCNC(=NCCCOCC1CCCO1)NCCNC(=O)c1ccco1. The van der Waals surface area contributed by atoms with Crippen molar-refractivity contribution in [3.63, 3.8) is 0 Å². The highest BCUT2D eigenvalue weighted by Crippen LogP contribution is 2.11. The van der Waals surface area contributed by atoms with E-state index >= 15 is 0 Å². The van der Waals surface area contributed by atoms with Crippen molar-refractivity contribution in [1.29, 1.82) is 0 Å². The molecule has 146 valence electrons. The van der Waals surface area contributed by atoms with E-state index in [1.54, 1.807) is 12.1 Å². The molecule has 0 radical (unpaired) electrons. The van der Waals surface area contributed by atoms with Crippen molar-refractivity contribution in [2.75, 3.05) is 46.0 Å². The van der Waals surface area contributed by atoms with E-state index in [4.69, 9.17) is 13.9 Å². The number of nitrogens with zero attached hydrogens (tertiary/aromatic N) is 1. The van der Waals surface area contributed by atoms with Crippen molar-refractivity contribution in [3.05, 3.63) is 24.2 Å². The van der Waals surface area contributed by atoms with Crippen LogP contribution < -0.4 is 16.0 Å². The lowest BCUT2D eigenvalue weighted by Gasteiger charge is -2.12. The van der Waals surface area contributed by atoms with Crippen LogP contribution in [-0.4, -0.2) is 64.0 Å². The maximum absolute atomic E-state index is 11.7. The summed E-state index contributed by atoms with van der Waals surface area (Å²) in [6.07, 6.45) is 4.85. The van der Waals surface area contributed by atoms with Gasteiger partial charge in [-0.15, -0.1) is 0 Å². The minimum atomic E-state index is -0.220. The van der Waals surface area contributed by atoms with E-state index in [1.807, 2.05) is 6.92 Å². The number of hydrogen-bond acceptors (Lipinski definition) is 5. The molecule has 2 rings (SSSR count). The quantitative estimate of drug-likeness (QED) is 0.309. The zero-order valence-corrected chi connectivity index (χ0v) is 15.5. The third-order valence-electron chi connectivity index (χ3n) is 3.84. The molecular formula is C18H30N4O4. The molecular weight excluding hydrogens is 336 g/mol. The van der Waals surface area contributed by atoms with E-state index in [-0.39, 0.29) is 12.0 Å². The molecule has 0 bridgehead atoms. The summed E-state index contributed by atoms with van der Waals surface area (Å²) < 4.78 is 16.2. The molecule has 1 fully saturated rings. The van der Waals surface area contributed by atoms with Gasteiger partial charge in [0.2, 0.25) is 0 Å². The van der Waals surface area contributed by atoms with Gasteiger partial charge in [-0.2, -0.15) is 0 Å². The van der Waals surface area contributed by atoms with Crippen LogP contribution in [0.25, 0.3) is 0 Å². The first-order chi connectivity index (χ1) is 12.8. The van der Waals surface area contributed by atoms with Crippen molar-refractivity contribution in [3.8, 4) is 0 Å². The van der Waals surface area contributed by atoms with Crippen molar-refractivity contribution < 1.29 is 18.7 Å². The number of guanidine groups is 1. The van der Waals surface area contributed by atoms with Crippen LogP contribution in [0.15, 0.2) is 27.8 Å². The molecule has 1 aliphatic rings. The number of rotatable bonds is 11. The van der Waals surface area contributed by atoms with Gasteiger partial charge in [0.1, 0.15) is 0 Å². The summed E-state index contributed by atoms with van der Waals surface area (Å²) in [5, 5.41) is 9.15. The van der Waals surface area contributed by atoms with E-state index < -0.39 is 0 Å². The van der Waals surface area contributed by atoms with E-state index in [0.717, 1.165) is 38.4 Å². The monoisotopic (exact) mass is 366 g/mol. The Morgan fingerprint density at radius 1 is 1.35 bits per heavy atom. The van der Waals surface area contributed by atoms with E-state index in [2.05, 4.69) is 20.9 Å². The van der Waals surface area contributed by atoms with Gasteiger partial charge in [0.15, 0.2) is 11.7 Å². The summed E-state index contributed by atoms with van der Waals surface area (Å²) in [4.78, 5) is 16.2. The second-order valence-corrected chi connectivity index (χ2v) is 5.98. The van der Waals surface area contributed by atoms with Gasteiger partial charge >= 0.3 is 0 Å². The van der Waals surface area contributed by atoms with Crippen molar-refractivity contribution in [1.82, 2.24) is 16.0 Å². The first-order valence-corrected chi connectivity index (χ1v) is 9.33. The predicted octanol–water partition coefficient (Wildman–Crippen LogP) is 1.15. The number of carbonyl (C=O) groups excluding carboxylic acids is 1. The van der Waals surface area contributed by atoms with Crippen LogP contribution in [0.3, 0.4) is 0 Å². The maximum atomic E-state index is 11.7. The molecule has 8 heteroatoms. The molecule has 1 aromatic rings. The first kappa shape index (κ1) is 20.3. The zero-order chi connectivity index (χ0) is 18.5. The summed E-state index contributed by atoms with van der Waals surface area (Å²) in [6, 6.07) is 3.32. The zero-order valence-electron chi connectivity index (χ0n) is 15.5. The third-order valence-corrected chi connectivity index (χ3v) is 3.84. The van der Waals surface area contributed by atoms with Gasteiger partial charge in [-0.25, -0.2) is 0 Å². The lowest BCUT2D eigenvalue weighted by molar-refractivity contribution is 0.0171. The van der Waals surface area contributed by atoms with Crippen LogP contribution in [0.1, 0.15) is 36.7 Å². The molecule has 0 aliphatic carbocycles. The molecule has 2 heterocycles. The molecule has 1 aliphatic heterocycles. The molecule has 1 atom stereocenters. The minimum absolute atomic E-state index is 0.220. The fraction of sp³-hybridized carbons (Fsp3) is 0.667. The number of carbonyl (C=O) groups is 1. The Kier molecular flexibility index (Phi) is 9.60. The normalized spacial score (nSPS) is 17.3. The third kappa shape index (κ3) is 7.88. The number of furan rings is 1. The average molecular weight is 366 g/mol. The summed E-state index contributed by atoms with van der Waals surface area (Å²) >= 11 is 0. The van der Waals surface area contributed by atoms with Crippen molar-refractivity contribution in [2.45, 2.75) is 32.3 Å². The Morgan fingerprint density at radius 2 is 2.23 bits per heavy atom. The maximum Gasteiger partial charge on any atom is 0.287 e.